The third-order valence-corrected chi connectivity index (χ3v) is 10.2. The minimum absolute atomic E-state index is 0.000922. The third kappa shape index (κ3) is 9.06. The number of halogens is 2. The minimum Gasteiger partial charge on any atom is -0.495 e. The first-order chi connectivity index (χ1) is 22.4. The van der Waals surface area contributed by atoms with Crippen LogP contribution in [0.25, 0.3) is 0 Å². The number of hydrogen-bond donors (Lipinski definition) is 1. The van der Waals surface area contributed by atoms with Crippen molar-refractivity contribution in [1.29, 1.82) is 0 Å². The molecule has 0 unspecified atom stereocenters. The van der Waals surface area contributed by atoms with Gasteiger partial charge in [0, 0.05) is 29.1 Å². The molecule has 2 atom stereocenters. The summed E-state index contributed by atoms with van der Waals surface area (Å²) >= 11 is 12.8. The maximum atomic E-state index is 14.7. The molecule has 0 aliphatic carbocycles. The lowest BCUT2D eigenvalue weighted by molar-refractivity contribution is -0.140. The summed E-state index contributed by atoms with van der Waals surface area (Å²) in [5.74, 6) is -0.711. The standard InChI is InChI=1S/C36H39Cl2N3O5S/c1-5-26(3)39-36(43)33(21-27-12-8-6-9-13-27)40(23-28-17-18-29(37)22-31(28)38)35(42)24-41(32-20-25(2)16-19-34(32)46-4)47(44,45)30-14-10-7-11-15-30/h6-20,22,26,33H,5,21,23-24H2,1-4H3,(H,39,43)/t26-,33-/m0/s1. The number of aryl methyl sites for hydroxylation is 1. The van der Waals surface area contributed by atoms with Gasteiger partial charge in [0.05, 0.1) is 17.7 Å². The summed E-state index contributed by atoms with van der Waals surface area (Å²) in [5, 5.41) is 3.75. The number of anilines is 1. The first kappa shape index (κ1) is 35.8. The molecule has 4 rings (SSSR count). The second-order valence-electron chi connectivity index (χ2n) is 11.3. The van der Waals surface area contributed by atoms with Crippen LogP contribution in [0, 0.1) is 6.92 Å². The van der Waals surface area contributed by atoms with E-state index in [1.54, 1.807) is 54.6 Å². The molecule has 47 heavy (non-hydrogen) atoms. The number of ether oxygens (including phenoxy) is 1. The van der Waals surface area contributed by atoms with Gasteiger partial charge in [-0.05, 0) is 73.4 Å². The molecule has 0 spiro atoms. The number of hydrogen-bond acceptors (Lipinski definition) is 5. The molecule has 0 aliphatic rings. The van der Waals surface area contributed by atoms with E-state index in [0.29, 0.717) is 22.0 Å². The van der Waals surface area contributed by atoms with Crippen molar-refractivity contribution < 1.29 is 22.7 Å². The summed E-state index contributed by atoms with van der Waals surface area (Å²) in [4.78, 5) is 30.1. The number of benzene rings is 4. The molecule has 0 heterocycles. The first-order valence-corrected chi connectivity index (χ1v) is 17.4. The molecule has 0 aromatic heterocycles. The Morgan fingerprint density at radius 3 is 2.19 bits per heavy atom. The van der Waals surface area contributed by atoms with E-state index in [0.717, 1.165) is 15.4 Å². The van der Waals surface area contributed by atoms with E-state index >= 15 is 0 Å². The Kier molecular flexibility index (Phi) is 12.3. The summed E-state index contributed by atoms with van der Waals surface area (Å²) in [6.45, 7) is 4.96. The van der Waals surface area contributed by atoms with Crippen LogP contribution in [0.4, 0.5) is 5.69 Å². The molecular weight excluding hydrogens is 657 g/mol. The Balaban J connectivity index is 1.87. The van der Waals surface area contributed by atoms with Crippen molar-refractivity contribution in [3.63, 3.8) is 0 Å². The number of sulfonamides is 1. The van der Waals surface area contributed by atoms with Crippen LogP contribution in [0.3, 0.4) is 0 Å². The number of methoxy groups -OCH3 is 1. The van der Waals surface area contributed by atoms with E-state index in [1.807, 2.05) is 51.1 Å². The van der Waals surface area contributed by atoms with Gasteiger partial charge in [0.2, 0.25) is 11.8 Å². The Labute approximate surface area is 287 Å². The van der Waals surface area contributed by atoms with Gasteiger partial charge in [-0.1, -0.05) is 90.8 Å². The van der Waals surface area contributed by atoms with Crippen molar-refractivity contribution in [2.75, 3.05) is 18.0 Å². The fraction of sp³-hybridized carbons (Fsp3) is 0.278. The summed E-state index contributed by atoms with van der Waals surface area (Å²) in [6, 6.07) is 26.1. The van der Waals surface area contributed by atoms with E-state index in [4.69, 9.17) is 27.9 Å². The summed E-state index contributed by atoms with van der Waals surface area (Å²) < 4.78 is 35.2. The van der Waals surface area contributed by atoms with Crippen molar-refractivity contribution in [2.45, 2.75) is 57.1 Å². The minimum atomic E-state index is -4.28. The maximum absolute atomic E-state index is 14.7. The maximum Gasteiger partial charge on any atom is 0.264 e. The second-order valence-corrected chi connectivity index (χ2v) is 14.0. The Hall–Kier alpha value is -4.05. The molecule has 0 fully saturated rings. The van der Waals surface area contributed by atoms with Crippen molar-refractivity contribution >= 4 is 50.7 Å². The molecule has 4 aromatic carbocycles. The lowest BCUT2D eigenvalue weighted by Crippen LogP contribution is -2.54. The van der Waals surface area contributed by atoms with Gasteiger partial charge in [-0.25, -0.2) is 8.42 Å². The monoisotopic (exact) mass is 695 g/mol. The number of nitrogens with zero attached hydrogens (tertiary/aromatic N) is 2. The third-order valence-electron chi connectivity index (χ3n) is 7.84. The van der Waals surface area contributed by atoms with Crippen LogP contribution in [0.15, 0.2) is 102 Å². The normalized spacial score (nSPS) is 12.6. The largest absolute Gasteiger partial charge is 0.495 e. The zero-order chi connectivity index (χ0) is 34.1. The first-order valence-electron chi connectivity index (χ1n) is 15.2. The molecular formula is C36H39Cl2N3O5S. The van der Waals surface area contributed by atoms with E-state index in [9.17, 15) is 18.0 Å². The topological polar surface area (TPSA) is 96.0 Å². The van der Waals surface area contributed by atoms with Crippen molar-refractivity contribution in [3.05, 3.63) is 124 Å². The van der Waals surface area contributed by atoms with Gasteiger partial charge in [0.1, 0.15) is 18.3 Å². The van der Waals surface area contributed by atoms with Crippen molar-refractivity contribution in [1.82, 2.24) is 10.2 Å². The van der Waals surface area contributed by atoms with E-state index in [-0.39, 0.29) is 41.2 Å². The predicted molar refractivity (Wildman–Crippen MR) is 188 cm³/mol. The average Bonchev–Trinajstić information content (AvgIpc) is 3.06. The van der Waals surface area contributed by atoms with Crippen LogP contribution in [-0.4, -0.2) is 50.9 Å². The van der Waals surface area contributed by atoms with E-state index < -0.39 is 28.5 Å². The number of rotatable bonds is 14. The van der Waals surface area contributed by atoms with Gasteiger partial charge >= 0.3 is 0 Å². The van der Waals surface area contributed by atoms with Crippen LogP contribution in [0.2, 0.25) is 10.0 Å². The van der Waals surface area contributed by atoms with Crippen LogP contribution in [-0.2, 0) is 32.6 Å². The van der Waals surface area contributed by atoms with Gasteiger partial charge in [-0.2, -0.15) is 0 Å². The fourth-order valence-corrected chi connectivity index (χ4v) is 6.96. The van der Waals surface area contributed by atoms with Crippen LogP contribution in [0.5, 0.6) is 5.75 Å². The number of amides is 2. The molecule has 4 aromatic rings. The smallest absolute Gasteiger partial charge is 0.264 e. The molecule has 0 saturated carbocycles. The summed E-state index contributed by atoms with van der Waals surface area (Å²) in [5.41, 5.74) is 2.33. The molecule has 0 bridgehead atoms. The molecule has 1 N–H and O–H groups in total. The lowest BCUT2D eigenvalue weighted by Gasteiger charge is -2.34. The lowest BCUT2D eigenvalue weighted by atomic mass is 10.0. The Bertz CT molecular complexity index is 1790. The van der Waals surface area contributed by atoms with Gasteiger partial charge in [-0.3, -0.25) is 13.9 Å². The second kappa shape index (κ2) is 16.2. The van der Waals surface area contributed by atoms with Gasteiger partial charge in [-0.15, -0.1) is 0 Å². The quantitative estimate of drug-likeness (QED) is 0.152. The predicted octanol–water partition coefficient (Wildman–Crippen LogP) is 7.06. The van der Waals surface area contributed by atoms with E-state index in [1.165, 1.54) is 24.1 Å². The van der Waals surface area contributed by atoms with Gasteiger partial charge in [0.25, 0.3) is 10.0 Å². The fourth-order valence-electron chi connectivity index (χ4n) is 5.06. The SMILES string of the molecule is CC[C@H](C)NC(=O)[C@H](Cc1ccccc1)N(Cc1ccc(Cl)cc1Cl)C(=O)CN(c1cc(C)ccc1OC)S(=O)(=O)c1ccccc1. The van der Waals surface area contributed by atoms with Crippen molar-refractivity contribution in [2.24, 2.45) is 0 Å². The van der Waals surface area contributed by atoms with Crippen LogP contribution >= 0.6 is 23.2 Å². The average molecular weight is 697 g/mol. The highest BCUT2D eigenvalue weighted by Crippen LogP contribution is 2.34. The zero-order valence-corrected chi connectivity index (χ0v) is 29.1. The highest BCUT2D eigenvalue weighted by atomic mass is 35.5. The number of carbonyl (C=O) groups is 2. The molecule has 0 saturated heterocycles. The Morgan fingerprint density at radius 1 is 0.915 bits per heavy atom. The molecule has 0 aliphatic heterocycles. The number of carbonyl (C=O) groups excluding carboxylic acids is 2. The van der Waals surface area contributed by atoms with Crippen molar-refractivity contribution in [3.8, 4) is 5.75 Å². The molecule has 11 heteroatoms. The molecule has 8 nitrogen and oxygen atoms in total. The summed E-state index contributed by atoms with van der Waals surface area (Å²) in [7, 11) is -2.85. The molecule has 0 radical (unpaired) electrons. The summed E-state index contributed by atoms with van der Waals surface area (Å²) in [6.07, 6.45) is 0.857. The van der Waals surface area contributed by atoms with Gasteiger partial charge in [0.15, 0.2) is 0 Å². The highest BCUT2D eigenvalue weighted by Gasteiger charge is 2.36. The zero-order valence-electron chi connectivity index (χ0n) is 26.8. The van der Waals surface area contributed by atoms with Gasteiger partial charge < -0.3 is 15.0 Å². The Morgan fingerprint density at radius 2 is 1.57 bits per heavy atom. The molecule has 2 amide bonds. The van der Waals surface area contributed by atoms with Crippen LogP contribution < -0.4 is 14.4 Å². The van der Waals surface area contributed by atoms with E-state index in [2.05, 4.69) is 5.32 Å². The molecule has 248 valence electrons. The van der Waals surface area contributed by atoms with Crippen LogP contribution in [0.1, 0.15) is 37.0 Å². The number of nitrogens with one attached hydrogen (secondary N) is 1. The highest BCUT2D eigenvalue weighted by molar-refractivity contribution is 7.92.